The Hall–Kier alpha value is -1.67. The van der Waals surface area contributed by atoms with Gasteiger partial charge in [-0.25, -0.2) is 9.99 Å². The molecule has 0 atom stereocenters. The Kier molecular flexibility index (Phi) is 8.86. The third-order valence-corrected chi connectivity index (χ3v) is 8.11. The molecule has 1 amide bonds. The number of thioether (sulfide) groups is 1. The molecule has 2 aromatic carbocycles. The predicted molar refractivity (Wildman–Crippen MR) is 149 cm³/mol. The largest absolute Gasteiger partial charge is 0.871 e. The zero-order valence-corrected chi connectivity index (χ0v) is 23.8. The molecule has 0 saturated heterocycles. The van der Waals surface area contributed by atoms with Gasteiger partial charge in [-0.2, -0.15) is 5.10 Å². The van der Waals surface area contributed by atoms with E-state index in [4.69, 9.17) is 0 Å². The van der Waals surface area contributed by atoms with E-state index in [1.54, 1.807) is 6.07 Å². The summed E-state index contributed by atoms with van der Waals surface area (Å²) in [6.45, 7) is 2.07. The molecule has 3 aromatic rings. The van der Waals surface area contributed by atoms with Gasteiger partial charge in [0.2, 0.25) is 0 Å². The number of hydrogen-bond donors (Lipinski definition) is 2. The van der Waals surface area contributed by atoms with Crippen LogP contribution < -0.4 is 15.1 Å². The molecule has 1 aliphatic carbocycles. The number of nitrogens with one attached hydrogen (secondary N) is 2. The Morgan fingerprint density at radius 3 is 2.74 bits per heavy atom. The molecule has 4 rings (SSSR count). The van der Waals surface area contributed by atoms with Gasteiger partial charge >= 0.3 is 5.16 Å². The van der Waals surface area contributed by atoms with Crippen molar-refractivity contribution in [3.8, 4) is 17.1 Å². The van der Waals surface area contributed by atoms with Crippen LogP contribution in [0.4, 0.5) is 0 Å². The van der Waals surface area contributed by atoms with Crippen LogP contribution in [0.2, 0.25) is 0 Å². The van der Waals surface area contributed by atoms with Crippen molar-refractivity contribution in [3.05, 3.63) is 54.7 Å². The first-order chi connectivity index (χ1) is 16.4. The van der Waals surface area contributed by atoms with Gasteiger partial charge in [0.05, 0.1) is 28.7 Å². The number of hydrogen-bond acceptors (Lipinski definition) is 5. The SMILES string of the molecule is Cc1ccc(-c2[nH]nc(SCC(=O)NN=Cc3cc(I)cc(I)c3[O-])[n+]2C2CCCCC2)cc1. The van der Waals surface area contributed by atoms with Crippen LogP contribution in [-0.4, -0.2) is 28.1 Å². The number of benzene rings is 2. The highest BCUT2D eigenvalue weighted by molar-refractivity contribution is 14.1. The molecule has 178 valence electrons. The summed E-state index contributed by atoms with van der Waals surface area (Å²) in [7, 11) is 0. The maximum Gasteiger partial charge on any atom is 0.337 e. The quantitative estimate of drug-likeness (QED) is 0.123. The monoisotopic (exact) mass is 701 g/mol. The van der Waals surface area contributed by atoms with Crippen LogP contribution in [-0.2, 0) is 4.79 Å². The molecule has 0 aliphatic heterocycles. The molecule has 0 bridgehead atoms. The van der Waals surface area contributed by atoms with Crippen molar-refractivity contribution < 1.29 is 14.5 Å². The van der Waals surface area contributed by atoms with Gasteiger partial charge < -0.3 is 5.11 Å². The van der Waals surface area contributed by atoms with E-state index in [-0.39, 0.29) is 17.4 Å². The highest BCUT2D eigenvalue weighted by atomic mass is 127. The number of hydrazone groups is 1. The molecule has 1 saturated carbocycles. The van der Waals surface area contributed by atoms with Crippen molar-refractivity contribution in [1.82, 2.24) is 15.6 Å². The number of H-pyrrole nitrogens is 1. The number of nitrogens with zero attached hydrogens (tertiary/aromatic N) is 3. The smallest absolute Gasteiger partial charge is 0.337 e. The fraction of sp³-hybridized carbons (Fsp3) is 0.333. The van der Waals surface area contributed by atoms with E-state index >= 15 is 0 Å². The zero-order chi connectivity index (χ0) is 24.1. The minimum Gasteiger partial charge on any atom is -0.871 e. The van der Waals surface area contributed by atoms with Gasteiger partial charge in [0.15, 0.2) is 0 Å². The van der Waals surface area contributed by atoms with Gasteiger partial charge in [-0.1, -0.05) is 29.9 Å². The summed E-state index contributed by atoms with van der Waals surface area (Å²) < 4.78 is 3.84. The molecule has 7 nitrogen and oxygen atoms in total. The standard InChI is InChI=1S/C24H25I2N5O2S/c1-15-7-9-16(10-8-15)23-29-30-24(31(23)19-5-3-2-4-6-19)34-14-21(32)28-27-13-17-11-18(25)12-20(26)22(17)33/h7-13,19H,2-6,14H2,1H3,(H2,27,28,32,33). The summed E-state index contributed by atoms with van der Waals surface area (Å²) in [5, 5.41) is 24.8. The lowest BCUT2D eigenvalue weighted by Crippen LogP contribution is -2.43. The summed E-state index contributed by atoms with van der Waals surface area (Å²) in [5.41, 5.74) is 5.28. The van der Waals surface area contributed by atoms with Crippen molar-refractivity contribution in [1.29, 1.82) is 0 Å². The zero-order valence-electron chi connectivity index (χ0n) is 18.7. The second-order valence-corrected chi connectivity index (χ2v) is 11.6. The Morgan fingerprint density at radius 1 is 1.26 bits per heavy atom. The fourth-order valence-corrected chi connectivity index (χ4v) is 6.72. The molecule has 1 aliphatic rings. The number of carbonyl (C=O) groups excluding carboxylic acids is 1. The summed E-state index contributed by atoms with van der Waals surface area (Å²) in [5.74, 6) is 0.811. The van der Waals surface area contributed by atoms with Crippen LogP contribution in [0.1, 0.15) is 49.3 Å². The van der Waals surface area contributed by atoms with Crippen molar-refractivity contribution in [2.45, 2.75) is 50.2 Å². The molecule has 0 spiro atoms. The third kappa shape index (κ3) is 6.30. The lowest BCUT2D eigenvalue weighted by Gasteiger charge is -2.21. The van der Waals surface area contributed by atoms with E-state index < -0.39 is 0 Å². The predicted octanol–water partition coefficient (Wildman–Crippen LogP) is 4.70. The molecule has 1 heterocycles. The average molecular weight is 701 g/mol. The second-order valence-electron chi connectivity index (χ2n) is 8.27. The number of aromatic amines is 1. The minimum absolute atomic E-state index is 0.0953. The summed E-state index contributed by atoms with van der Waals surface area (Å²) >= 11 is 5.55. The molecule has 0 unspecified atom stereocenters. The Bertz CT molecular complexity index is 1190. The summed E-state index contributed by atoms with van der Waals surface area (Å²) in [4.78, 5) is 12.5. The lowest BCUT2D eigenvalue weighted by atomic mass is 9.95. The maximum atomic E-state index is 12.5. The van der Waals surface area contributed by atoms with E-state index in [1.807, 2.05) is 28.7 Å². The fourth-order valence-electron chi connectivity index (χ4n) is 4.01. The Labute approximate surface area is 230 Å². The Balaban J connectivity index is 1.46. The van der Waals surface area contributed by atoms with E-state index in [9.17, 15) is 9.90 Å². The number of amides is 1. The maximum absolute atomic E-state index is 12.5. The number of rotatable bonds is 7. The normalized spacial score (nSPS) is 14.6. The molecule has 0 radical (unpaired) electrons. The van der Waals surface area contributed by atoms with Gasteiger partial charge in [-0.3, -0.25) is 4.79 Å². The van der Waals surface area contributed by atoms with Crippen molar-refractivity contribution in [3.63, 3.8) is 0 Å². The lowest BCUT2D eigenvalue weighted by molar-refractivity contribution is -0.749. The first-order valence-electron chi connectivity index (χ1n) is 11.1. The van der Waals surface area contributed by atoms with Gasteiger partial charge in [0.1, 0.15) is 0 Å². The summed E-state index contributed by atoms with van der Waals surface area (Å²) in [6.07, 6.45) is 7.30. The molecule has 10 heteroatoms. The van der Waals surface area contributed by atoms with Crippen molar-refractivity contribution >= 4 is 69.1 Å². The van der Waals surface area contributed by atoms with E-state index in [0.717, 1.165) is 33.0 Å². The molecule has 34 heavy (non-hydrogen) atoms. The molecule has 2 N–H and O–H groups in total. The number of aryl methyl sites for hydroxylation is 1. The Morgan fingerprint density at radius 2 is 2.00 bits per heavy atom. The van der Waals surface area contributed by atoms with Gasteiger partial charge in [-0.05, 0) is 119 Å². The number of aromatic nitrogens is 3. The van der Waals surface area contributed by atoms with Crippen LogP contribution in [0.15, 0.2) is 46.7 Å². The van der Waals surface area contributed by atoms with Gasteiger partial charge in [0, 0.05) is 7.14 Å². The van der Waals surface area contributed by atoms with E-state index in [0.29, 0.717) is 15.2 Å². The van der Waals surface area contributed by atoms with Gasteiger partial charge in [-0.15, -0.1) is 5.10 Å². The van der Waals surface area contributed by atoms with Gasteiger partial charge in [0.25, 0.3) is 11.7 Å². The van der Waals surface area contributed by atoms with E-state index in [2.05, 4.69) is 79.1 Å². The minimum atomic E-state index is -0.246. The number of halogens is 2. The van der Waals surface area contributed by atoms with Crippen LogP contribution in [0.3, 0.4) is 0 Å². The third-order valence-electron chi connectivity index (χ3n) is 5.73. The highest BCUT2D eigenvalue weighted by Gasteiger charge is 2.30. The van der Waals surface area contributed by atoms with Crippen LogP contribution in [0, 0.1) is 14.1 Å². The average Bonchev–Trinajstić information content (AvgIpc) is 3.25. The molecular weight excluding hydrogens is 676 g/mol. The summed E-state index contributed by atoms with van der Waals surface area (Å²) in [6, 6.07) is 12.3. The van der Waals surface area contributed by atoms with Crippen LogP contribution in [0.25, 0.3) is 11.4 Å². The first-order valence-corrected chi connectivity index (χ1v) is 14.2. The van der Waals surface area contributed by atoms with Crippen LogP contribution in [0.5, 0.6) is 5.75 Å². The molecule has 1 fully saturated rings. The molecular formula is C24H25I2N5O2S. The van der Waals surface area contributed by atoms with Crippen molar-refractivity contribution in [2.24, 2.45) is 5.10 Å². The van der Waals surface area contributed by atoms with Crippen molar-refractivity contribution in [2.75, 3.05) is 5.75 Å². The second kappa shape index (κ2) is 11.8. The number of carbonyl (C=O) groups is 1. The van der Waals surface area contributed by atoms with Crippen LogP contribution >= 0.6 is 56.9 Å². The topological polar surface area (TPSA) is 97.1 Å². The van der Waals surface area contributed by atoms with E-state index in [1.165, 1.54) is 42.8 Å². The highest BCUT2D eigenvalue weighted by Crippen LogP contribution is 2.29. The first kappa shape index (κ1) is 25.4. The molecule has 1 aromatic heterocycles.